The minimum absolute atomic E-state index is 0.0577. The summed E-state index contributed by atoms with van der Waals surface area (Å²) in [7, 11) is -3.56. The van der Waals surface area contributed by atoms with Crippen molar-refractivity contribution in [3.63, 3.8) is 0 Å². The monoisotopic (exact) mass is 258 g/mol. The number of sulfonamides is 1. The van der Waals surface area contributed by atoms with E-state index in [0.29, 0.717) is 6.54 Å². The second-order valence-electron chi connectivity index (χ2n) is 4.75. The van der Waals surface area contributed by atoms with Gasteiger partial charge in [-0.05, 0) is 33.1 Å². The zero-order valence-corrected chi connectivity index (χ0v) is 10.9. The molecule has 0 unspecified atom stereocenters. The van der Waals surface area contributed by atoms with Gasteiger partial charge in [-0.2, -0.15) is 5.10 Å². The first kappa shape index (κ1) is 12.4. The number of aryl methyl sites for hydroxylation is 1. The maximum Gasteiger partial charge on any atom is 0.246 e. The topological polar surface area (TPSA) is 90.0 Å². The molecule has 0 bridgehead atoms. The van der Waals surface area contributed by atoms with Crippen LogP contribution in [-0.4, -0.2) is 23.7 Å². The molecule has 2 rings (SSSR count). The van der Waals surface area contributed by atoms with E-state index < -0.39 is 10.0 Å². The van der Waals surface area contributed by atoms with Gasteiger partial charge in [0.25, 0.3) is 0 Å². The summed E-state index contributed by atoms with van der Waals surface area (Å²) in [4.78, 5) is 0.0764. The average molecular weight is 258 g/mol. The fourth-order valence-corrected chi connectivity index (χ4v) is 3.52. The van der Waals surface area contributed by atoms with Crippen molar-refractivity contribution in [1.29, 1.82) is 0 Å². The number of aromatic nitrogens is 2. The first-order chi connectivity index (χ1) is 7.86. The first-order valence-electron chi connectivity index (χ1n) is 5.73. The molecule has 1 fully saturated rings. The normalized spacial score (nSPS) is 18.9. The summed E-state index contributed by atoms with van der Waals surface area (Å²) in [5.41, 5.74) is 5.31. The van der Waals surface area contributed by atoms with Crippen LogP contribution in [0.2, 0.25) is 0 Å². The third kappa shape index (κ3) is 2.30. The molecule has 1 aromatic heterocycles. The maximum atomic E-state index is 12.1. The summed E-state index contributed by atoms with van der Waals surface area (Å²) in [6, 6.07) is 0. The molecule has 6 nitrogen and oxygen atoms in total. The van der Waals surface area contributed by atoms with Gasteiger partial charge >= 0.3 is 0 Å². The third-order valence-electron chi connectivity index (χ3n) is 3.21. The molecule has 1 heterocycles. The summed E-state index contributed by atoms with van der Waals surface area (Å²) in [5.74, 6) is 0.0577. The Kier molecular flexibility index (Phi) is 2.90. The number of rotatable bonds is 4. The molecule has 0 saturated heterocycles. The number of hydrogen-bond acceptors (Lipinski definition) is 4. The summed E-state index contributed by atoms with van der Waals surface area (Å²) < 4.78 is 28.5. The van der Waals surface area contributed by atoms with E-state index in [9.17, 15) is 8.42 Å². The quantitative estimate of drug-likeness (QED) is 0.832. The fraction of sp³-hybridized carbons (Fsp3) is 0.700. The number of nitrogens with one attached hydrogen (secondary N) is 1. The number of hydrogen-bond donors (Lipinski definition) is 2. The number of nitrogen functional groups attached to an aromatic ring is 1. The Labute approximate surface area is 101 Å². The molecular weight excluding hydrogens is 240 g/mol. The Balaban J connectivity index is 2.27. The van der Waals surface area contributed by atoms with Crippen LogP contribution >= 0.6 is 0 Å². The van der Waals surface area contributed by atoms with Gasteiger partial charge in [0, 0.05) is 18.3 Å². The van der Waals surface area contributed by atoms with Gasteiger partial charge < -0.3 is 5.73 Å². The van der Waals surface area contributed by atoms with E-state index in [-0.39, 0.29) is 16.3 Å². The van der Waals surface area contributed by atoms with Crippen molar-refractivity contribution in [2.24, 2.45) is 0 Å². The van der Waals surface area contributed by atoms with Crippen LogP contribution in [0.4, 0.5) is 5.82 Å². The largest absolute Gasteiger partial charge is 0.381 e. The van der Waals surface area contributed by atoms with Gasteiger partial charge in [0.05, 0.1) is 0 Å². The summed E-state index contributed by atoms with van der Waals surface area (Å²) in [6.45, 7) is 4.38. The lowest BCUT2D eigenvalue weighted by Gasteiger charge is -2.38. The van der Waals surface area contributed by atoms with Crippen LogP contribution in [0, 0.1) is 0 Å². The third-order valence-corrected chi connectivity index (χ3v) is 4.86. The highest BCUT2D eigenvalue weighted by Crippen LogP contribution is 2.33. The standard InChI is InChI=1S/C10H18N4O2S/c1-3-14-7-8(9(11)12-14)17(15,16)13-10(2)5-4-6-10/h7,13H,3-6H2,1-2H3,(H2,11,12). The Morgan fingerprint density at radius 3 is 2.65 bits per heavy atom. The van der Waals surface area contributed by atoms with E-state index in [1.54, 1.807) is 0 Å². The van der Waals surface area contributed by atoms with Crippen molar-refractivity contribution < 1.29 is 8.42 Å². The Morgan fingerprint density at radius 2 is 2.24 bits per heavy atom. The highest BCUT2D eigenvalue weighted by Gasteiger charge is 2.37. The van der Waals surface area contributed by atoms with Crippen LogP contribution in [0.15, 0.2) is 11.1 Å². The van der Waals surface area contributed by atoms with Crippen molar-refractivity contribution in [3.05, 3.63) is 6.20 Å². The smallest absolute Gasteiger partial charge is 0.246 e. The first-order valence-corrected chi connectivity index (χ1v) is 7.21. The van der Waals surface area contributed by atoms with E-state index in [0.717, 1.165) is 19.3 Å². The van der Waals surface area contributed by atoms with Gasteiger partial charge in [0.15, 0.2) is 5.82 Å². The number of nitrogens with two attached hydrogens (primary N) is 1. The van der Waals surface area contributed by atoms with Gasteiger partial charge in [0.2, 0.25) is 10.0 Å². The lowest BCUT2D eigenvalue weighted by atomic mass is 9.80. The molecule has 0 spiro atoms. The van der Waals surface area contributed by atoms with Crippen LogP contribution in [0.3, 0.4) is 0 Å². The van der Waals surface area contributed by atoms with E-state index in [1.165, 1.54) is 10.9 Å². The summed E-state index contributed by atoms with van der Waals surface area (Å²) in [6.07, 6.45) is 4.27. The SMILES string of the molecule is CCn1cc(S(=O)(=O)NC2(C)CCC2)c(N)n1. The number of anilines is 1. The molecule has 3 N–H and O–H groups in total. The van der Waals surface area contributed by atoms with Crippen LogP contribution in [0.25, 0.3) is 0 Å². The molecule has 96 valence electrons. The van der Waals surface area contributed by atoms with Gasteiger partial charge in [-0.3, -0.25) is 4.68 Å². The van der Waals surface area contributed by atoms with Crippen molar-refractivity contribution >= 4 is 15.8 Å². The zero-order chi connectivity index (χ0) is 12.7. The Morgan fingerprint density at radius 1 is 1.59 bits per heavy atom. The molecule has 1 saturated carbocycles. The second kappa shape index (κ2) is 3.99. The van der Waals surface area contributed by atoms with E-state index in [1.807, 2.05) is 13.8 Å². The van der Waals surface area contributed by atoms with Crippen LogP contribution in [0.5, 0.6) is 0 Å². The maximum absolute atomic E-state index is 12.1. The second-order valence-corrected chi connectivity index (χ2v) is 6.40. The van der Waals surface area contributed by atoms with Crippen LogP contribution < -0.4 is 10.5 Å². The summed E-state index contributed by atoms with van der Waals surface area (Å²) in [5, 5.41) is 3.94. The van der Waals surface area contributed by atoms with Crippen molar-refractivity contribution in [1.82, 2.24) is 14.5 Å². The minimum Gasteiger partial charge on any atom is -0.381 e. The van der Waals surface area contributed by atoms with Gasteiger partial charge in [-0.25, -0.2) is 13.1 Å². The van der Waals surface area contributed by atoms with E-state index in [4.69, 9.17) is 5.73 Å². The van der Waals surface area contributed by atoms with E-state index in [2.05, 4.69) is 9.82 Å². The highest BCUT2D eigenvalue weighted by molar-refractivity contribution is 7.89. The Bertz CT molecular complexity index is 516. The lowest BCUT2D eigenvalue weighted by Crippen LogP contribution is -2.50. The zero-order valence-electron chi connectivity index (χ0n) is 10.1. The molecule has 0 aliphatic heterocycles. The molecule has 0 atom stereocenters. The van der Waals surface area contributed by atoms with Crippen LogP contribution in [0.1, 0.15) is 33.1 Å². The molecule has 1 aromatic rings. The molecule has 7 heteroatoms. The molecule has 1 aliphatic carbocycles. The molecule has 1 aliphatic rings. The Hall–Kier alpha value is -1.08. The average Bonchev–Trinajstić information content (AvgIpc) is 2.57. The van der Waals surface area contributed by atoms with Crippen molar-refractivity contribution in [2.75, 3.05) is 5.73 Å². The molecule has 0 amide bonds. The summed E-state index contributed by atoms with van der Waals surface area (Å²) >= 11 is 0. The van der Waals surface area contributed by atoms with E-state index >= 15 is 0 Å². The molecule has 17 heavy (non-hydrogen) atoms. The van der Waals surface area contributed by atoms with Gasteiger partial charge in [0.1, 0.15) is 4.90 Å². The van der Waals surface area contributed by atoms with Crippen molar-refractivity contribution in [3.8, 4) is 0 Å². The minimum atomic E-state index is -3.56. The predicted octanol–water partition coefficient (Wildman–Crippen LogP) is 0.706. The lowest BCUT2D eigenvalue weighted by molar-refractivity contribution is 0.248. The molecular formula is C10H18N4O2S. The van der Waals surface area contributed by atoms with Crippen molar-refractivity contribution in [2.45, 2.75) is 50.1 Å². The fourth-order valence-electron chi connectivity index (χ4n) is 1.98. The molecule has 0 aromatic carbocycles. The van der Waals surface area contributed by atoms with Crippen LogP contribution in [-0.2, 0) is 16.6 Å². The van der Waals surface area contributed by atoms with Gasteiger partial charge in [-0.1, -0.05) is 0 Å². The van der Waals surface area contributed by atoms with Gasteiger partial charge in [-0.15, -0.1) is 0 Å². The number of nitrogens with zero attached hydrogens (tertiary/aromatic N) is 2. The highest BCUT2D eigenvalue weighted by atomic mass is 32.2. The predicted molar refractivity (Wildman–Crippen MR) is 64.9 cm³/mol. The molecule has 0 radical (unpaired) electrons.